The Kier molecular flexibility index (Phi) is 4.85. The molecule has 0 aliphatic heterocycles. The average molecular weight is 278 g/mol. The molecule has 0 atom stereocenters. The number of oxime groups is 1. The van der Waals surface area contributed by atoms with E-state index in [4.69, 9.17) is 16.7 Å². The summed E-state index contributed by atoms with van der Waals surface area (Å²) < 4.78 is 0. The summed E-state index contributed by atoms with van der Waals surface area (Å²) in [6.07, 6.45) is 1.28. The van der Waals surface area contributed by atoms with Crippen molar-refractivity contribution in [2.75, 3.05) is 18.3 Å². The minimum Gasteiger partial charge on any atom is -0.476 e. The highest BCUT2D eigenvalue weighted by molar-refractivity contribution is 7.18. The van der Waals surface area contributed by atoms with E-state index in [1.54, 1.807) is 0 Å². The first kappa shape index (κ1) is 13.4. The Morgan fingerprint density at radius 1 is 1.71 bits per heavy atom. The van der Waals surface area contributed by atoms with E-state index in [-0.39, 0.29) is 21.6 Å². The summed E-state index contributed by atoms with van der Waals surface area (Å²) in [6.45, 7) is 0. The Morgan fingerprint density at radius 3 is 2.94 bits per heavy atom. The Morgan fingerprint density at radius 2 is 2.41 bits per heavy atom. The number of carbonyl (C=O) groups excluding carboxylic acids is 1. The van der Waals surface area contributed by atoms with Gasteiger partial charge < -0.3 is 15.3 Å². The molecule has 0 bridgehead atoms. The van der Waals surface area contributed by atoms with Crippen molar-refractivity contribution in [1.29, 1.82) is 0 Å². The fourth-order valence-electron chi connectivity index (χ4n) is 0.875. The highest BCUT2D eigenvalue weighted by Gasteiger charge is 2.17. The number of hydrogen-bond donors (Lipinski definition) is 2. The van der Waals surface area contributed by atoms with E-state index in [0.29, 0.717) is 0 Å². The maximum Gasteiger partial charge on any atom is 0.359 e. The highest BCUT2D eigenvalue weighted by atomic mass is 35.5. The molecular formula is C8H8ClN3O4S. The molecule has 0 unspecified atom stereocenters. The number of halogens is 1. The molecule has 0 aliphatic carbocycles. The SMILES string of the molecule is CO/N=C(/C(=O)O)c1cnc(NC(=O)CCl)s1. The molecule has 92 valence electrons. The Bertz CT molecular complexity index is 459. The van der Waals surface area contributed by atoms with E-state index in [1.165, 1.54) is 13.3 Å². The average Bonchev–Trinajstić information content (AvgIpc) is 2.73. The Balaban J connectivity index is 2.89. The molecule has 7 nitrogen and oxygen atoms in total. The number of alkyl halides is 1. The number of aromatic nitrogens is 1. The van der Waals surface area contributed by atoms with E-state index in [1.807, 2.05) is 0 Å². The highest BCUT2D eigenvalue weighted by Crippen LogP contribution is 2.19. The summed E-state index contributed by atoms with van der Waals surface area (Å²) in [7, 11) is 1.24. The normalized spacial score (nSPS) is 11.1. The number of thiazole rings is 1. The molecular weight excluding hydrogens is 270 g/mol. The second-order valence-corrected chi connectivity index (χ2v) is 3.94. The molecule has 17 heavy (non-hydrogen) atoms. The molecule has 0 fully saturated rings. The predicted octanol–water partition coefficient (Wildman–Crippen LogP) is 0.756. The van der Waals surface area contributed by atoms with Crippen molar-refractivity contribution in [2.45, 2.75) is 0 Å². The molecule has 0 spiro atoms. The zero-order chi connectivity index (χ0) is 12.8. The van der Waals surface area contributed by atoms with Crippen LogP contribution in [0, 0.1) is 0 Å². The van der Waals surface area contributed by atoms with Crippen LogP contribution in [0.3, 0.4) is 0 Å². The van der Waals surface area contributed by atoms with Crippen LogP contribution in [0.15, 0.2) is 11.4 Å². The number of aliphatic carboxylic acids is 1. The molecule has 1 aromatic heterocycles. The van der Waals surface area contributed by atoms with Gasteiger partial charge in [0.05, 0.1) is 11.1 Å². The van der Waals surface area contributed by atoms with Gasteiger partial charge in [-0.2, -0.15) is 0 Å². The molecule has 1 heterocycles. The van der Waals surface area contributed by atoms with Crippen LogP contribution >= 0.6 is 22.9 Å². The smallest absolute Gasteiger partial charge is 0.359 e. The number of rotatable bonds is 5. The number of amides is 1. The summed E-state index contributed by atoms with van der Waals surface area (Å²) in [5.41, 5.74) is -0.281. The number of carboxylic acid groups (broad SMARTS) is 1. The zero-order valence-electron chi connectivity index (χ0n) is 8.64. The third-order valence-corrected chi connectivity index (χ3v) is 2.65. The third kappa shape index (κ3) is 3.68. The Hall–Kier alpha value is -1.67. The molecule has 1 aromatic rings. The molecule has 0 radical (unpaired) electrons. The van der Waals surface area contributed by atoms with Crippen molar-refractivity contribution in [3.05, 3.63) is 11.1 Å². The van der Waals surface area contributed by atoms with Crippen LogP contribution < -0.4 is 5.32 Å². The van der Waals surface area contributed by atoms with Crippen molar-refractivity contribution >= 4 is 45.7 Å². The first-order valence-corrected chi connectivity index (χ1v) is 5.60. The third-order valence-electron chi connectivity index (χ3n) is 1.49. The lowest BCUT2D eigenvalue weighted by molar-refractivity contribution is -0.129. The van der Waals surface area contributed by atoms with Crippen LogP contribution in [0.4, 0.5) is 5.13 Å². The number of carboxylic acids is 1. The van der Waals surface area contributed by atoms with E-state index in [2.05, 4.69) is 20.3 Å². The molecule has 2 N–H and O–H groups in total. The van der Waals surface area contributed by atoms with Gasteiger partial charge in [0.2, 0.25) is 11.6 Å². The molecule has 1 amide bonds. The molecule has 0 aliphatic rings. The first-order valence-electron chi connectivity index (χ1n) is 4.25. The van der Waals surface area contributed by atoms with E-state index >= 15 is 0 Å². The van der Waals surface area contributed by atoms with Crippen LogP contribution in [-0.2, 0) is 14.4 Å². The van der Waals surface area contributed by atoms with Gasteiger partial charge in [0.15, 0.2) is 5.13 Å². The lowest BCUT2D eigenvalue weighted by Crippen LogP contribution is -2.13. The number of nitrogens with zero attached hydrogens (tertiary/aromatic N) is 2. The second kappa shape index (κ2) is 6.16. The van der Waals surface area contributed by atoms with Crippen LogP contribution in [0.25, 0.3) is 0 Å². The quantitative estimate of drug-likeness (QED) is 0.470. The number of nitrogens with one attached hydrogen (secondary N) is 1. The Labute approximate surface area is 105 Å². The molecule has 1 rings (SSSR count). The van der Waals surface area contributed by atoms with Gasteiger partial charge >= 0.3 is 5.97 Å². The standard InChI is InChI=1S/C8H8ClN3O4S/c1-16-12-6(7(14)15)4-3-10-8(17-4)11-5(13)2-9/h3H,2H2,1H3,(H,14,15)(H,10,11,13)/b12-6+. The van der Waals surface area contributed by atoms with Crippen molar-refractivity contribution in [2.24, 2.45) is 5.16 Å². The lowest BCUT2D eigenvalue weighted by atomic mass is 10.3. The monoisotopic (exact) mass is 277 g/mol. The van der Waals surface area contributed by atoms with Gasteiger partial charge in [-0.25, -0.2) is 9.78 Å². The summed E-state index contributed by atoms with van der Waals surface area (Å²) in [5.74, 6) is -1.87. The molecule has 0 saturated carbocycles. The maximum absolute atomic E-state index is 11.0. The second-order valence-electron chi connectivity index (χ2n) is 2.64. The van der Waals surface area contributed by atoms with Gasteiger partial charge in [-0.1, -0.05) is 16.5 Å². The van der Waals surface area contributed by atoms with Crippen molar-refractivity contribution in [1.82, 2.24) is 4.98 Å². The van der Waals surface area contributed by atoms with Gasteiger partial charge in [-0.05, 0) is 0 Å². The zero-order valence-corrected chi connectivity index (χ0v) is 10.2. The van der Waals surface area contributed by atoms with Crippen LogP contribution in [0.2, 0.25) is 0 Å². The minimum atomic E-state index is -1.24. The van der Waals surface area contributed by atoms with Crippen molar-refractivity contribution < 1.29 is 19.5 Å². The maximum atomic E-state index is 11.0. The fraction of sp³-hybridized carbons (Fsp3) is 0.250. The van der Waals surface area contributed by atoms with Crippen LogP contribution in [0.5, 0.6) is 0 Å². The van der Waals surface area contributed by atoms with Gasteiger partial charge in [-0.15, -0.1) is 11.6 Å². The van der Waals surface area contributed by atoms with Crippen LogP contribution in [0.1, 0.15) is 4.88 Å². The number of hydrogen-bond acceptors (Lipinski definition) is 6. The van der Waals surface area contributed by atoms with Gasteiger partial charge in [0, 0.05) is 0 Å². The van der Waals surface area contributed by atoms with Gasteiger partial charge in [-0.3, -0.25) is 4.79 Å². The first-order chi connectivity index (χ1) is 8.08. The fourth-order valence-corrected chi connectivity index (χ4v) is 1.75. The molecule has 0 saturated heterocycles. The van der Waals surface area contributed by atoms with E-state index in [9.17, 15) is 9.59 Å². The largest absolute Gasteiger partial charge is 0.476 e. The van der Waals surface area contributed by atoms with Crippen molar-refractivity contribution in [3.63, 3.8) is 0 Å². The molecule has 9 heteroatoms. The van der Waals surface area contributed by atoms with Crippen LogP contribution in [-0.4, -0.2) is 40.7 Å². The van der Waals surface area contributed by atoms with Gasteiger partial charge in [0.25, 0.3) is 0 Å². The lowest BCUT2D eigenvalue weighted by Gasteiger charge is -1.96. The topological polar surface area (TPSA) is 101 Å². The summed E-state index contributed by atoms with van der Waals surface area (Å²) in [4.78, 5) is 30.3. The van der Waals surface area contributed by atoms with Gasteiger partial charge in [0.1, 0.15) is 13.0 Å². The summed E-state index contributed by atoms with van der Waals surface area (Å²) in [6, 6.07) is 0. The van der Waals surface area contributed by atoms with E-state index < -0.39 is 11.9 Å². The molecule has 0 aromatic carbocycles. The number of carbonyl (C=O) groups is 2. The number of anilines is 1. The summed E-state index contributed by atoms with van der Waals surface area (Å²) >= 11 is 6.26. The van der Waals surface area contributed by atoms with E-state index in [0.717, 1.165) is 11.3 Å². The minimum absolute atomic E-state index is 0.202. The predicted molar refractivity (Wildman–Crippen MR) is 62.6 cm³/mol. The van der Waals surface area contributed by atoms with Crippen molar-refractivity contribution in [3.8, 4) is 0 Å². The summed E-state index contributed by atoms with van der Waals surface area (Å²) in [5, 5.41) is 14.9.